The van der Waals surface area contributed by atoms with Gasteiger partial charge in [-0.1, -0.05) is 13.8 Å². The Balaban J connectivity index is 2.07. The Kier molecular flexibility index (Phi) is 2.30. The van der Waals surface area contributed by atoms with E-state index >= 15 is 0 Å². The third-order valence-corrected chi connectivity index (χ3v) is 4.05. The number of hydrogen-bond donors (Lipinski definition) is 1. The molecule has 2 rings (SSSR count). The molecule has 14 heavy (non-hydrogen) atoms. The molecule has 1 aliphatic carbocycles. The Labute approximate surface area is 85.8 Å². The topological polar surface area (TPSA) is 32.3 Å². The van der Waals surface area contributed by atoms with Crippen LogP contribution in [0.5, 0.6) is 0 Å². The van der Waals surface area contributed by atoms with Crippen LogP contribution in [0.4, 0.5) is 0 Å². The van der Waals surface area contributed by atoms with E-state index in [4.69, 9.17) is 0 Å². The van der Waals surface area contributed by atoms with Crippen LogP contribution < -0.4 is 5.32 Å². The molecule has 1 saturated heterocycles. The minimum absolute atomic E-state index is 0.296. The molecular formula is C11H20N2O. The lowest BCUT2D eigenvalue weighted by molar-refractivity contribution is -0.136. The third-order valence-electron chi connectivity index (χ3n) is 4.05. The number of hydrogen-bond acceptors (Lipinski definition) is 2. The van der Waals surface area contributed by atoms with Crippen LogP contribution in [0.2, 0.25) is 0 Å². The summed E-state index contributed by atoms with van der Waals surface area (Å²) in [6, 6.07) is 0.503. The van der Waals surface area contributed by atoms with Gasteiger partial charge in [0, 0.05) is 6.04 Å². The summed E-state index contributed by atoms with van der Waals surface area (Å²) in [5, 5.41) is 3.33. The van der Waals surface area contributed by atoms with Gasteiger partial charge in [-0.15, -0.1) is 0 Å². The van der Waals surface area contributed by atoms with Gasteiger partial charge in [-0.05, 0) is 32.1 Å². The van der Waals surface area contributed by atoms with Gasteiger partial charge < -0.3 is 4.90 Å². The molecule has 2 aliphatic rings. The molecule has 1 amide bonds. The van der Waals surface area contributed by atoms with Gasteiger partial charge in [0.2, 0.25) is 5.91 Å². The Morgan fingerprint density at radius 2 is 2.29 bits per heavy atom. The van der Waals surface area contributed by atoms with E-state index in [-0.39, 0.29) is 5.54 Å². The lowest BCUT2D eigenvalue weighted by atomic mass is 9.80. The zero-order chi connectivity index (χ0) is 10.3. The Bertz CT molecular complexity index is 254. The van der Waals surface area contributed by atoms with Crippen molar-refractivity contribution in [1.82, 2.24) is 10.2 Å². The number of carbonyl (C=O) groups excluding carboxylic acids is 1. The van der Waals surface area contributed by atoms with E-state index in [1.54, 1.807) is 0 Å². The van der Waals surface area contributed by atoms with Crippen LogP contribution >= 0.6 is 0 Å². The van der Waals surface area contributed by atoms with Gasteiger partial charge in [0.1, 0.15) is 0 Å². The molecule has 3 nitrogen and oxygen atoms in total. The van der Waals surface area contributed by atoms with Crippen LogP contribution in [0.3, 0.4) is 0 Å². The second kappa shape index (κ2) is 3.23. The number of nitrogens with zero attached hydrogens (tertiary/aromatic N) is 1. The summed E-state index contributed by atoms with van der Waals surface area (Å²) < 4.78 is 0. The maximum atomic E-state index is 12.1. The van der Waals surface area contributed by atoms with Gasteiger partial charge in [0.25, 0.3) is 0 Å². The van der Waals surface area contributed by atoms with Crippen LogP contribution in [0.25, 0.3) is 0 Å². The first-order valence-electron chi connectivity index (χ1n) is 5.64. The van der Waals surface area contributed by atoms with Crippen LogP contribution in [0.1, 0.15) is 40.0 Å². The summed E-state index contributed by atoms with van der Waals surface area (Å²) in [6.45, 7) is 7.07. The molecule has 0 aromatic carbocycles. The molecule has 1 heterocycles. The molecule has 1 saturated carbocycles. The fourth-order valence-electron chi connectivity index (χ4n) is 2.38. The maximum Gasteiger partial charge on any atom is 0.243 e. The first-order chi connectivity index (χ1) is 6.58. The van der Waals surface area contributed by atoms with Gasteiger partial charge >= 0.3 is 0 Å². The summed E-state index contributed by atoms with van der Waals surface area (Å²) in [6.07, 6.45) is 3.34. The highest BCUT2D eigenvalue weighted by Gasteiger charge is 2.46. The van der Waals surface area contributed by atoms with E-state index < -0.39 is 0 Å². The van der Waals surface area contributed by atoms with Crippen molar-refractivity contribution in [3.05, 3.63) is 0 Å². The normalized spacial score (nSPS) is 42.8. The lowest BCUT2D eigenvalue weighted by Crippen LogP contribution is -2.49. The minimum Gasteiger partial charge on any atom is -0.325 e. The summed E-state index contributed by atoms with van der Waals surface area (Å²) in [7, 11) is 0. The molecule has 0 aromatic rings. The van der Waals surface area contributed by atoms with Crippen LogP contribution in [-0.4, -0.2) is 29.1 Å². The Morgan fingerprint density at radius 3 is 2.64 bits per heavy atom. The average molecular weight is 196 g/mol. The van der Waals surface area contributed by atoms with Gasteiger partial charge in [-0.3, -0.25) is 10.1 Å². The highest BCUT2D eigenvalue weighted by Crippen LogP contribution is 2.34. The highest BCUT2D eigenvalue weighted by molar-refractivity contribution is 5.88. The summed E-state index contributed by atoms with van der Waals surface area (Å²) >= 11 is 0. The van der Waals surface area contributed by atoms with E-state index in [0.29, 0.717) is 17.9 Å². The second-order valence-corrected chi connectivity index (χ2v) is 4.92. The van der Waals surface area contributed by atoms with Crippen molar-refractivity contribution in [3.8, 4) is 0 Å². The van der Waals surface area contributed by atoms with Crippen molar-refractivity contribution in [2.75, 3.05) is 6.67 Å². The number of rotatable bonds is 2. The number of carbonyl (C=O) groups is 1. The Morgan fingerprint density at radius 1 is 1.57 bits per heavy atom. The third kappa shape index (κ3) is 1.26. The van der Waals surface area contributed by atoms with Crippen molar-refractivity contribution < 1.29 is 4.79 Å². The zero-order valence-corrected chi connectivity index (χ0v) is 9.34. The fourth-order valence-corrected chi connectivity index (χ4v) is 2.38. The van der Waals surface area contributed by atoms with Gasteiger partial charge in [0.05, 0.1) is 12.2 Å². The van der Waals surface area contributed by atoms with Gasteiger partial charge in [-0.2, -0.15) is 0 Å². The van der Waals surface area contributed by atoms with Crippen molar-refractivity contribution in [2.24, 2.45) is 5.92 Å². The van der Waals surface area contributed by atoms with Crippen molar-refractivity contribution in [3.63, 3.8) is 0 Å². The van der Waals surface area contributed by atoms with Gasteiger partial charge in [-0.25, -0.2) is 0 Å². The monoisotopic (exact) mass is 196 g/mol. The molecule has 0 spiro atoms. The van der Waals surface area contributed by atoms with Crippen LogP contribution in [0.15, 0.2) is 0 Å². The summed E-state index contributed by atoms with van der Waals surface area (Å²) in [4.78, 5) is 14.1. The predicted octanol–water partition coefficient (Wildman–Crippen LogP) is 1.34. The van der Waals surface area contributed by atoms with Crippen LogP contribution in [0, 0.1) is 5.92 Å². The fraction of sp³-hybridized carbons (Fsp3) is 0.909. The molecule has 2 fully saturated rings. The summed E-state index contributed by atoms with van der Waals surface area (Å²) in [5.74, 6) is 0.997. The van der Waals surface area contributed by atoms with Crippen LogP contribution in [-0.2, 0) is 4.79 Å². The number of nitrogens with one attached hydrogen (secondary N) is 1. The molecular weight excluding hydrogens is 176 g/mol. The molecule has 80 valence electrons. The first-order valence-corrected chi connectivity index (χ1v) is 5.64. The largest absolute Gasteiger partial charge is 0.325 e. The van der Waals surface area contributed by atoms with Crippen molar-refractivity contribution in [2.45, 2.75) is 51.6 Å². The molecule has 0 aromatic heterocycles. The minimum atomic E-state index is -0.296. The van der Waals surface area contributed by atoms with Crippen molar-refractivity contribution >= 4 is 5.91 Å². The zero-order valence-electron chi connectivity index (χ0n) is 9.34. The number of amides is 1. The first kappa shape index (κ1) is 9.97. The molecule has 0 radical (unpaired) electrons. The predicted molar refractivity (Wildman–Crippen MR) is 55.7 cm³/mol. The average Bonchev–Trinajstić information content (AvgIpc) is 2.45. The highest BCUT2D eigenvalue weighted by atomic mass is 16.2. The lowest BCUT2D eigenvalue weighted by Gasteiger charge is -2.40. The molecule has 3 unspecified atom stereocenters. The molecule has 3 heteroatoms. The van der Waals surface area contributed by atoms with E-state index in [9.17, 15) is 4.79 Å². The molecule has 3 atom stereocenters. The molecule has 1 N–H and O–H groups in total. The smallest absolute Gasteiger partial charge is 0.243 e. The van der Waals surface area contributed by atoms with Crippen molar-refractivity contribution in [1.29, 1.82) is 0 Å². The molecule has 1 aliphatic heterocycles. The van der Waals surface area contributed by atoms with E-state index in [1.807, 2.05) is 11.8 Å². The van der Waals surface area contributed by atoms with Gasteiger partial charge in [0.15, 0.2) is 0 Å². The van der Waals surface area contributed by atoms with E-state index in [2.05, 4.69) is 19.2 Å². The standard InChI is InChI=1S/C11H20N2O/c1-4-11(3)10(14)13(7-12-11)9-6-5-8(9)2/h8-9,12H,4-7H2,1-3H3. The van der Waals surface area contributed by atoms with E-state index in [1.165, 1.54) is 12.8 Å². The Hall–Kier alpha value is -0.570. The summed E-state index contributed by atoms with van der Waals surface area (Å²) in [5.41, 5.74) is -0.296. The quantitative estimate of drug-likeness (QED) is 0.723. The maximum absolute atomic E-state index is 12.1. The SMILES string of the molecule is CCC1(C)NCN(C2CCC2C)C1=O. The van der Waals surface area contributed by atoms with E-state index in [0.717, 1.165) is 13.1 Å². The molecule has 0 bridgehead atoms. The second-order valence-electron chi connectivity index (χ2n) is 4.92.